The van der Waals surface area contributed by atoms with Crippen LogP contribution in [0.3, 0.4) is 0 Å². The molecular formula is C17H20N2O5S2. The Balaban J connectivity index is 1.99. The molecule has 2 rings (SSSR count). The van der Waals surface area contributed by atoms with Gasteiger partial charge in [-0.3, -0.25) is 9.59 Å². The molecule has 0 saturated heterocycles. The van der Waals surface area contributed by atoms with Gasteiger partial charge in [0.2, 0.25) is 10.0 Å². The van der Waals surface area contributed by atoms with E-state index >= 15 is 0 Å². The van der Waals surface area contributed by atoms with E-state index < -0.39 is 28.5 Å². The largest absolute Gasteiger partial charge is 0.455 e. The van der Waals surface area contributed by atoms with E-state index in [0.29, 0.717) is 11.3 Å². The maximum atomic E-state index is 12.2. The highest BCUT2D eigenvalue weighted by Gasteiger charge is 2.19. The van der Waals surface area contributed by atoms with Gasteiger partial charge in [-0.05, 0) is 47.0 Å². The van der Waals surface area contributed by atoms with Crippen LogP contribution in [0.5, 0.6) is 0 Å². The maximum Gasteiger partial charge on any atom is 0.310 e. The van der Waals surface area contributed by atoms with Crippen LogP contribution in [-0.4, -0.2) is 45.3 Å². The normalized spacial score (nSPS) is 11.4. The summed E-state index contributed by atoms with van der Waals surface area (Å²) in [5, 5.41) is 6.27. The fourth-order valence-corrected chi connectivity index (χ4v) is 3.65. The summed E-state index contributed by atoms with van der Waals surface area (Å²) in [6, 6.07) is 6.28. The Bertz CT molecular complexity index is 890. The van der Waals surface area contributed by atoms with Gasteiger partial charge in [0.1, 0.15) is 0 Å². The fraction of sp³-hybridized carbons (Fsp3) is 0.294. The minimum Gasteiger partial charge on any atom is -0.455 e. The number of amides is 1. The molecule has 0 saturated carbocycles. The lowest BCUT2D eigenvalue weighted by Crippen LogP contribution is -2.24. The molecule has 0 spiro atoms. The fourth-order valence-electron chi connectivity index (χ4n) is 2.05. The van der Waals surface area contributed by atoms with E-state index in [9.17, 15) is 18.0 Å². The van der Waals surface area contributed by atoms with Gasteiger partial charge in [-0.25, -0.2) is 12.7 Å². The number of hydrogen-bond acceptors (Lipinski definition) is 6. The van der Waals surface area contributed by atoms with Crippen molar-refractivity contribution in [2.75, 3.05) is 26.0 Å². The molecule has 0 aliphatic heterocycles. The van der Waals surface area contributed by atoms with Crippen molar-refractivity contribution in [3.05, 3.63) is 46.2 Å². The predicted molar refractivity (Wildman–Crippen MR) is 99.7 cm³/mol. The van der Waals surface area contributed by atoms with E-state index in [-0.39, 0.29) is 11.3 Å². The topological polar surface area (TPSA) is 92.8 Å². The summed E-state index contributed by atoms with van der Waals surface area (Å²) in [5.41, 5.74) is 1.88. The van der Waals surface area contributed by atoms with E-state index in [2.05, 4.69) is 5.32 Å². The second-order valence-electron chi connectivity index (χ2n) is 5.78. The van der Waals surface area contributed by atoms with Crippen molar-refractivity contribution in [1.82, 2.24) is 4.31 Å². The zero-order valence-corrected chi connectivity index (χ0v) is 16.3. The average molecular weight is 396 g/mol. The molecule has 9 heteroatoms. The molecule has 1 aromatic heterocycles. The maximum absolute atomic E-state index is 12.2. The van der Waals surface area contributed by atoms with E-state index in [1.165, 1.54) is 37.6 Å². The summed E-state index contributed by atoms with van der Waals surface area (Å²) in [7, 11) is -0.747. The summed E-state index contributed by atoms with van der Waals surface area (Å²) in [6.07, 6.45) is 0.104. The van der Waals surface area contributed by atoms with Gasteiger partial charge in [-0.15, -0.1) is 0 Å². The number of nitrogens with zero attached hydrogens (tertiary/aromatic N) is 1. The molecule has 1 N–H and O–H groups in total. The monoisotopic (exact) mass is 396 g/mol. The van der Waals surface area contributed by atoms with Crippen molar-refractivity contribution in [1.29, 1.82) is 0 Å². The van der Waals surface area contributed by atoms with Gasteiger partial charge in [0.05, 0.1) is 11.3 Å². The Labute approximate surface area is 156 Å². The molecule has 0 atom stereocenters. The lowest BCUT2D eigenvalue weighted by molar-refractivity contribution is -0.146. The highest BCUT2D eigenvalue weighted by atomic mass is 32.2. The quantitative estimate of drug-likeness (QED) is 0.723. The third-order valence-electron chi connectivity index (χ3n) is 3.55. The van der Waals surface area contributed by atoms with Crippen molar-refractivity contribution in [3.8, 4) is 0 Å². The molecule has 1 amide bonds. The highest BCUT2D eigenvalue weighted by Crippen LogP contribution is 2.22. The molecule has 0 fully saturated rings. The summed E-state index contributed by atoms with van der Waals surface area (Å²) in [6.45, 7) is 1.30. The van der Waals surface area contributed by atoms with Gasteiger partial charge in [-0.2, -0.15) is 11.3 Å². The number of anilines is 1. The lowest BCUT2D eigenvalue weighted by atomic mass is 10.2. The number of sulfonamides is 1. The van der Waals surface area contributed by atoms with Crippen LogP contribution >= 0.6 is 11.3 Å². The summed E-state index contributed by atoms with van der Waals surface area (Å²) in [5.74, 6) is -1.04. The van der Waals surface area contributed by atoms with Crippen LogP contribution in [0, 0.1) is 6.92 Å². The van der Waals surface area contributed by atoms with Gasteiger partial charge in [0, 0.05) is 19.8 Å². The van der Waals surface area contributed by atoms with Gasteiger partial charge in [0.15, 0.2) is 6.61 Å². The number of carbonyl (C=O) groups is 2. The van der Waals surface area contributed by atoms with Crippen LogP contribution < -0.4 is 5.32 Å². The number of aryl methyl sites for hydroxylation is 1. The first kappa shape index (κ1) is 20.1. The minimum atomic E-state index is -3.61. The van der Waals surface area contributed by atoms with Crippen molar-refractivity contribution >= 4 is 38.9 Å². The number of carbonyl (C=O) groups excluding carboxylic acids is 2. The van der Waals surface area contributed by atoms with E-state index in [1.54, 1.807) is 13.0 Å². The van der Waals surface area contributed by atoms with Crippen molar-refractivity contribution in [2.45, 2.75) is 18.2 Å². The Hall–Kier alpha value is -2.23. The Kier molecular flexibility index (Phi) is 6.52. The first-order valence-corrected chi connectivity index (χ1v) is 10.1. The number of benzene rings is 1. The molecule has 0 aliphatic rings. The molecule has 140 valence electrons. The van der Waals surface area contributed by atoms with Crippen LogP contribution in [0.15, 0.2) is 39.9 Å². The number of ether oxygens (including phenoxy) is 1. The van der Waals surface area contributed by atoms with Crippen LogP contribution in [0.2, 0.25) is 0 Å². The Morgan fingerprint density at radius 1 is 1.23 bits per heavy atom. The van der Waals surface area contributed by atoms with Crippen LogP contribution in [0.4, 0.5) is 5.69 Å². The molecule has 1 aromatic carbocycles. The lowest BCUT2D eigenvalue weighted by Gasteiger charge is -2.14. The van der Waals surface area contributed by atoms with Crippen molar-refractivity contribution in [2.24, 2.45) is 0 Å². The first-order valence-electron chi connectivity index (χ1n) is 7.70. The molecule has 0 bridgehead atoms. The minimum absolute atomic E-state index is 0.0675. The molecule has 7 nitrogen and oxygen atoms in total. The van der Waals surface area contributed by atoms with E-state index in [4.69, 9.17) is 4.74 Å². The number of thiophene rings is 1. The number of nitrogens with one attached hydrogen (secondary N) is 1. The Morgan fingerprint density at radius 2 is 1.96 bits per heavy atom. The number of hydrogen-bond donors (Lipinski definition) is 1. The van der Waals surface area contributed by atoms with Gasteiger partial charge >= 0.3 is 5.97 Å². The third-order valence-corrected chi connectivity index (χ3v) is 6.10. The molecule has 26 heavy (non-hydrogen) atoms. The standard InChI is InChI=1S/C17H20N2O5S2/c1-12-4-5-14(26(22,23)19(2)3)9-15(12)18-16(20)10-24-17(21)8-13-6-7-25-11-13/h4-7,9,11H,8,10H2,1-3H3,(H,18,20). The number of esters is 1. The molecule has 1 heterocycles. The number of rotatable bonds is 7. The van der Waals surface area contributed by atoms with Gasteiger partial charge in [0.25, 0.3) is 5.91 Å². The average Bonchev–Trinajstić information content (AvgIpc) is 3.07. The Morgan fingerprint density at radius 3 is 2.58 bits per heavy atom. The SMILES string of the molecule is Cc1ccc(S(=O)(=O)N(C)C)cc1NC(=O)COC(=O)Cc1ccsc1. The van der Waals surface area contributed by atoms with Crippen LogP contribution in [-0.2, 0) is 30.8 Å². The van der Waals surface area contributed by atoms with Crippen molar-refractivity contribution < 1.29 is 22.7 Å². The zero-order chi connectivity index (χ0) is 19.3. The second kappa shape index (κ2) is 8.43. The molecule has 2 aromatic rings. The van der Waals surface area contributed by atoms with E-state index in [0.717, 1.165) is 9.87 Å². The first-order chi connectivity index (χ1) is 12.2. The van der Waals surface area contributed by atoms with Crippen LogP contribution in [0.25, 0.3) is 0 Å². The predicted octanol–water partition coefficient (Wildman–Crippen LogP) is 2.03. The van der Waals surface area contributed by atoms with Gasteiger partial charge < -0.3 is 10.1 Å². The summed E-state index contributed by atoms with van der Waals surface area (Å²) >= 11 is 1.47. The summed E-state index contributed by atoms with van der Waals surface area (Å²) in [4.78, 5) is 23.8. The smallest absolute Gasteiger partial charge is 0.310 e. The molecule has 0 aliphatic carbocycles. The highest BCUT2D eigenvalue weighted by molar-refractivity contribution is 7.89. The molecular weight excluding hydrogens is 376 g/mol. The van der Waals surface area contributed by atoms with Crippen LogP contribution in [0.1, 0.15) is 11.1 Å². The second-order valence-corrected chi connectivity index (χ2v) is 8.71. The summed E-state index contributed by atoms with van der Waals surface area (Å²) < 4.78 is 30.4. The van der Waals surface area contributed by atoms with Gasteiger partial charge in [-0.1, -0.05) is 6.07 Å². The third kappa shape index (κ3) is 5.13. The molecule has 0 radical (unpaired) electrons. The molecule has 0 unspecified atom stereocenters. The van der Waals surface area contributed by atoms with E-state index in [1.807, 2.05) is 16.8 Å². The van der Waals surface area contributed by atoms with Crippen molar-refractivity contribution in [3.63, 3.8) is 0 Å². The zero-order valence-electron chi connectivity index (χ0n) is 14.7.